The van der Waals surface area contributed by atoms with Gasteiger partial charge in [0.05, 0.1) is 16.8 Å². The van der Waals surface area contributed by atoms with Crippen molar-refractivity contribution in [1.82, 2.24) is 5.16 Å². The van der Waals surface area contributed by atoms with Gasteiger partial charge in [-0.2, -0.15) is 0 Å². The minimum absolute atomic E-state index is 0.223. The molecule has 102 valence electrons. The standard InChI is InChI=1S/C14H12N2O3S/c1-10-2-6-13(7-3-10)20(17,18)16-12-5-4-11-9-15-19-14(11)8-12/h2-9,16H,1H3. The molecule has 0 aliphatic carbocycles. The first kappa shape index (κ1) is 12.7. The van der Waals surface area contributed by atoms with Crippen molar-refractivity contribution in [2.45, 2.75) is 11.8 Å². The van der Waals surface area contributed by atoms with Gasteiger partial charge in [-0.1, -0.05) is 22.9 Å². The predicted octanol–water partition coefficient (Wildman–Crippen LogP) is 2.94. The van der Waals surface area contributed by atoms with Crippen molar-refractivity contribution in [2.75, 3.05) is 4.72 Å². The average molecular weight is 288 g/mol. The summed E-state index contributed by atoms with van der Waals surface area (Å²) in [4.78, 5) is 0.223. The van der Waals surface area contributed by atoms with Gasteiger partial charge < -0.3 is 4.52 Å². The number of benzene rings is 2. The molecule has 2 aromatic carbocycles. The highest BCUT2D eigenvalue weighted by atomic mass is 32.2. The van der Waals surface area contributed by atoms with E-state index in [0.717, 1.165) is 10.9 Å². The molecule has 5 nitrogen and oxygen atoms in total. The van der Waals surface area contributed by atoms with Crippen molar-refractivity contribution in [3.63, 3.8) is 0 Å². The van der Waals surface area contributed by atoms with E-state index in [1.54, 1.807) is 48.7 Å². The normalized spacial score (nSPS) is 11.7. The summed E-state index contributed by atoms with van der Waals surface area (Å²) in [5.74, 6) is 0. The number of sulfonamides is 1. The summed E-state index contributed by atoms with van der Waals surface area (Å²) in [5.41, 5.74) is 1.98. The van der Waals surface area contributed by atoms with Crippen molar-refractivity contribution >= 4 is 26.7 Å². The Balaban J connectivity index is 1.94. The number of nitrogens with zero attached hydrogens (tertiary/aromatic N) is 1. The van der Waals surface area contributed by atoms with Crippen LogP contribution in [0.4, 0.5) is 5.69 Å². The van der Waals surface area contributed by atoms with Crippen LogP contribution >= 0.6 is 0 Å². The zero-order valence-corrected chi connectivity index (χ0v) is 11.5. The number of aromatic nitrogens is 1. The molecule has 0 aliphatic heterocycles. The molecular weight excluding hydrogens is 276 g/mol. The summed E-state index contributed by atoms with van der Waals surface area (Å²) in [6.07, 6.45) is 1.58. The lowest BCUT2D eigenvalue weighted by Crippen LogP contribution is -2.12. The van der Waals surface area contributed by atoms with Crippen LogP contribution in [0.5, 0.6) is 0 Å². The van der Waals surface area contributed by atoms with Gasteiger partial charge >= 0.3 is 0 Å². The summed E-state index contributed by atoms with van der Waals surface area (Å²) in [5, 5.41) is 4.48. The fraction of sp³-hybridized carbons (Fsp3) is 0.0714. The Morgan fingerprint density at radius 1 is 1.10 bits per heavy atom. The molecular formula is C14H12N2O3S. The van der Waals surface area contributed by atoms with E-state index in [9.17, 15) is 8.42 Å². The highest BCUT2D eigenvalue weighted by molar-refractivity contribution is 7.92. The fourth-order valence-electron chi connectivity index (χ4n) is 1.85. The lowest BCUT2D eigenvalue weighted by molar-refractivity contribution is 0.456. The molecule has 3 rings (SSSR count). The minimum Gasteiger partial charge on any atom is -0.356 e. The molecule has 0 unspecified atom stereocenters. The molecule has 0 saturated heterocycles. The van der Waals surface area contributed by atoms with Gasteiger partial charge in [-0.15, -0.1) is 0 Å². The third kappa shape index (κ3) is 2.37. The van der Waals surface area contributed by atoms with Crippen LogP contribution in [0.15, 0.2) is 58.1 Å². The molecule has 0 amide bonds. The Bertz CT molecular complexity index is 852. The van der Waals surface area contributed by atoms with Crippen LogP contribution in [0.3, 0.4) is 0 Å². The van der Waals surface area contributed by atoms with Crippen molar-refractivity contribution in [1.29, 1.82) is 0 Å². The summed E-state index contributed by atoms with van der Waals surface area (Å²) in [6, 6.07) is 11.7. The van der Waals surface area contributed by atoms with Crippen LogP contribution in [0.1, 0.15) is 5.56 Å². The van der Waals surface area contributed by atoms with Gasteiger partial charge in [-0.3, -0.25) is 4.72 Å². The predicted molar refractivity (Wildman–Crippen MR) is 76.0 cm³/mol. The second-order valence-electron chi connectivity index (χ2n) is 4.50. The molecule has 0 spiro atoms. The number of anilines is 1. The maximum Gasteiger partial charge on any atom is 0.261 e. The Morgan fingerprint density at radius 3 is 2.60 bits per heavy atom. The second kappa shape index (κ2) is 4.64. The third-order valence-corrected chi connectivity index (χ3v) is 4.34. The Kier molecular flexibility index (Phi) is 2.94. The summed E-state index contributed by atoms with van der Waals surface area (Å²) in [7, 11) is -3.59. The van der Waals surface area contributed by atoms with Crippen LogP contribution in [0, 0.1) is 6.92 Å². The number of aryl methyl sites for hydroxylation is 1. The maximum absolute atomic E-state index is 12.2. The highest BCUT2D eigenvalue weighted by Crippen LogP contribution is 2.21. The minimum atomic E-state index is -3.59. The largest absolute Gasteiger partial charge is 0.356 e. The average Bonchev–Trinajstić information content (AvgIpc) is 2.86. The van der Waals surface area contributed by atoms with Gasteiger partial charge in [0, 0.05) is 11.5 Å². The third-order valence-electron chi connectivity index (χ3n) is 2.94. The zero-order chi connectivity index (χ0) is 14.2. The van der Waals surface area contributed by atoms with E-state index in [-0.39, 0.29) is 4.90 Å². The Labute approximate surface area is 116 Å². The van der Waals surface area contributed by atoms with Gasteiger partial charge in [-0.25, -0.2) is 8.42 Å². The van der Waals surface area contributed by atoms with Crippen molar-refractivity contribution < 1.29 is 12.9 Å². The Morgan fingerprint density at radius 2 is 1.85 bits per heavy atom. The second-order valence-corrected chi connectivity index (χ2v) is 6.18. The fourth-order valence-corrected chi connectivity index (χ4v) is 2.90. The number of rotatable bonds is 3. The van der Waals surface area contributed by atoms with E-state index in [4.69, 9.17) is 4.52 Å². The lowest BCUT2D eigenvalue weighted by atomic mass is 10.2. The molecule has 1 aromatic heterocycles. The van der Waals surface area contributed by atoms with E-state index >= 15 is 0 Å². The monoisotopic (exact) mass is 288 g/mol. The van der Waals surface area contributed by atoms with E-state index in [2.05, 4.69) is 9.88 Å². The molecule has 0 radical (unpaired) electrons. The maximum atomic E-state index is 12.2. The highest BCUT2D eigenvalue weighted by Gasteiger charge is 2.14. The molecule has 1 N–H and O–H groups in total. The van der Waals surface area contributed by atoms with Crippen LogP contribution in [0.25, 0.3) is 11.0 Å². The van der Waals surface area contributed by atoms with Crippen LogP contribution in [-0.2, 0) is 10.0 Å². The summed E-state index contributed by atoms with van der Waals surface area (Å²) in [6.45, 7) is 1.90. The molecule has 0 bridgehead atoms. The summed E-state index contributed by atoms with van der Waals surface area (Å²) >= 11 is 0. The van der Waals surface area contributed by atoms with Crippen LogP contribution < -0.4 is 4.72 Å². The molecule has 3 aromatic rings. The van der Waals surface area contributed by atoms with Crippen molar-refractivity contribution in [2.24, 2.45) is 0 Å². The van der Waals surface area contributed by atoms with Crippen LogP contribution in [-0.4, -0.2) is 13.6 Å². The molecule has 6 heteroatoms. The van der Waals surface area contributed by atoms with Crippen molar-refractivity contribution in [3.05, 3.63) is 54.2 Å². The van der Waals surface area contributed by atoms with E-state index in [0.29, 0.717) is 11.3 Å². The van der Waals surface area contributed by atoms with Gasteiger partial charge in [0.25, 0.3) is 10.0 Å². The lowest BCUT2D eigenvalue weighted by Gasteiger charge is -2.08. The van der Waals surface area contributed by atoms with Gasteiger partial charge in [0.2, 0.25) is 0 Å². The van der Waals surface area contributed by atoms with Gasteiger partial charge in [0.1, 0.15) is 0 Å². The van der Waals surface area contributed by atoms with Crippen LogP contribution in [0.2, 0.25) is 0 Å². The quantitative estimate of drug-likeness (QED) is 0.804. The smallest absolute Gasteiger partial charge is 0.261 e. The molecule has 0 saturated carbocycles. The van der Waals surface area contributed by atoms with E-state index in [1.165, 1.54) is 0 Å². The first-order chi connectivity index (χ1) is 9.54. The van der Waals surface area contributed by atoms with Crippen molar-refractivity contribution in [3.8, 4) is 0 Å². The first-order valence-corrected chi connectivity index (χ1v) is 7.47. The number of nitrogens with one attached hydrogen (secondary N) is 1. The number of fused-ring (bicyclic) bond motifs is 1. The molecule has 0 atom stereocenters. The van der Waals surface area contributed by atoms with E-state index < -0.39 is 10.0 Å². The molecule has 20 heavy (non-hydrogen) atoms. The first-order valence-electron chi connectivity index (χ1n) is 5.98. The molecule has 1 heterocycles. The Hall–Kier alpha value is -2.34. The van der Waals surface area contributed by atoms with Gasteiger partial charge in [-0.05, 0) is 31.2 Å². The topological polar surface area (TPSA) is 72.2 Å². The molecule has 0 aliphatic rings. The van der Waals surface area contributed by atoms with Gasteiger partial charge in [0.15, 0.2) is 5.58 Å². The summed E-state index contributed by atoms with van der Waals surface area (Å²) < 4.78 is 32.0. The SMILES string of the molecule is Cc1ccc(S(=O)(=O)Nc2ccc3cnoc3c2)cc1. The zero-order valence-electron chi connectivity index (χ0n) is 10.7. The number of hydrogen-bond acceptors (Lipinski definition) is 4. The molecule has 0 fully saturated rings. The number of hydrogen-bond donors (Lipinski definition) is 1. The van der Waals surface area contributed by atoms with E-state index in [1.807, 2.05) is 6.92 Å².